The molecule has 3 nitrogen and oxygen atoms in total. The van der Waals surface area contributed by atoms with Gasteiger partial charge in [0.05, 0.1) is 12.7 Å². The van der Waals surface area contributed by atoms with E-state index in [0.29, 0.717) is 22.8 Å². The van der Waals surface area contributed by atoms with Crippen LogP contribution in [0.25, 0.3) is 6.08 Å². The predicted molar refractivity (Wildman–Crippen MR) is 80.1 cm³/mol. The normalized spacial score (nSPS) is 15.1. The van der Waals surface area contributed by atoms with Crippen molar-refractivity contribution in [2.24, 2.45) is 0 Å². The molecule has 1 aliphatic heterocycles. The van der Waals surface area contributed by atoms with E-state index in [9.17, 15) is 4.79 Å². The number of carbonyl (C=O) groups excluding carboxylic acids is 1. The van der Waals surface area contributed by atoms with Crippen LogP contribution >= 0.6 is 15.9 Å². The molecule has 0 spiro atoms. The van der Waals surface area contributed by atoms with E-state index in [-0.39, 0.29) is 5.78 Å². The van der Waals surface area contributed by atoms with Gasteiger partial charge in [-0.05, 0) is 35.9 Å². The smallest absolute Gasteiger partial charge is 0.231 e. The molecule has 20 heavy (non-hydrogen) atoms. The van der Waals surface area contributed by atoms with Crippen molar-refractivity contribution in [1.82, 2.24) is 0 Å². The number of carbonyl (C=O) groups is 1. The van der Waals surface area contributed by atoms with Crippen LogP contribution in [0.3, 0.4) is 0 Å². The highest BCUT2D eigenvalue weighted by Gasteiger charge is 2.27. The van der Waals surface area contributed by atoms with Crippen molar-refractivity contribution >= 4 is 27.8 Å². The van der Waals surface area contributed by atoms with E-state index in [0.717, 1.165) is 10.0 Å². The summed E-state index contributed by atoms with van der Waals surface area (Å²) in [6, 6.07) is 12.9. The number of ether oxygens (including phenoxy) is 2. The zero-order valence-corrected chi connectivity index (χ0v) is 12.3. The van der Waals surface area contributed by atoms with Crippen LogP contribution in [0.4, 0.5) is 0 Å². The number of hydrogen-bond donors (Lipinski definition) is 0. The van der Waals surface area contributed by atoms with E-state index < -0.39 is 0 Å². The van der Waals surface area contributed by atoms with Gasteiger partial charge in [-0.3, -0.25) is 4.79 Å². The van der Waals surface area contributed by atoms with Crippen molar-refractivity contribution in [1.29, 1.82) is 0 Å². The van der Waals surface area contributed by atoms with Gasteiger partial charge in [0.25, 0.3) is 0 Å². The lowest BCUT2D eigenvalue weighted by Crippen LogP contribution is -1.97. The molecule has 0 fully saturated rings. The van der Waals surface area contributed by atoms with Crippen molar-refractivity contribution in [3.8, 4) is 11.5 Å². The van der Waals surface area contributed by atoms with E-state index >= 15 is 0 Å². The molecule has 1 aliphatic rings. The van der Waals surface area contributed by atoms with Crippen molar-refractivity contribution in [3.63, 3.8) is 0 Å². The molecule has 1 heterocycles. The Morgan fingerprint density at radius 1 is 1.15 bits per heavy atom. The number of methoxy groups -OCH3 is 1. The summed E-state index contributed by atoms with van der Waals surface area (Å²) in [5.41, 5.74) is 1.48. The van der Waals surface area contributed by atoms with Gasteiger partial charge in [-0.25, -0.2) is 0 Å². The van der Waals surface area contributed by atoms with Crippen molar-refractivity contribution in [2.75, 3.05) is 7.11 Å². The fourth-order valence-corrected chi connectivity index (χ4v) is 2.27. The molecule has 0 aromatic heterocycles. The van der Waals surface area contributed by atoms with Gasteiger partial charge in [0, 0.05) is 10.5 Å². The Hall–Kier alpha value is -2.07. The molecule has 4 heteroatoms. The molecule has 0 radical (unpaired) electrons. The molecule has 100 valence electrons. The summed E-state index contributed by atoms with van der Waals surface area (Å²) < 4.78 is 11.7. The topological polar surface area (TPSA) is 35.5 Å². The third-order valence-corrected chi connectivity index (χ3v) is 3.57. The fraction of sp³-hybridized carbons (Fsp3) is 0.0625. The van der Waals surface area contributed by atoms with Crippen LogP contribution in [0, 0.1) is 0 Å². The van der Waals surface area contributed by atoms with Gasteiger partial charge in [0.1, 0.15) is 11.5 Å². The zero-order valence-electron chi connectivity index (χ0n) is 10.7. The summed E-state index contributed by atoms with van der Waals surface area (Å²) in [7, 11) is 1.58. The molecule has 0 bridgehead atoms. The minimum absolute atomic E-state index is 0.106. The molecule has 0 aliphatic carbocycles. The maximum Gasteiger partial charge on any atom is 0.231 e. The van der Waals surface area contributed by atoms with Crippen LogP contribution in [-0.2, 0) is 0 Å². The summed E-state index contributed by atoms with van der Waals surface area (Å²) in [6.45, 7) is 0. The minimum Gasteiger partial charge on any atom is -0.497 e. The second-order valence-electron chi connectivity index (χ2n) is 4.35. The summed E-state index contributed by atoms with van der Waals surface area (Å²) >= 11 is 3.38. The van der Waals surface area contributed by atoms with E-state index in [2.05, 4.69) is 15.9 Å². The van der Waals surface area contributed by atoms with Crippen LogP contribution in [0.2, 0.25) is 0 Å². The first-order chi connectivity index (χ1) is 9.67. The van der Waals surface area contributed by atoms with Crippen LogP contribution in [-0.4, -0.2) is 12.9 Å². The molecule has 0 unspecified atom stereocenters. The average molecular weight is 331 g/mol. The van der Waals surface area contributed by atoms with E-state index in [4.69, 9.17) is 9.47 Å². The standard InChI is InChI=1S/C16H11BrO3/c1-19-12-6-7-13-14(9-12)20-15(16(13)18)8-10-2-4-11(17)5-3-10/h2-9H,1H3/b15-8-. The number of benzene rings is 2. The van der Waals surface area contributed by atoms with E-state index in [1.165, 1.54) is 0 Å². The Bertz CT molecular complexity index is 702. The highest BCUT2D eigenvalue weighted by Crippen LogP contribution is 2.34. The van der Waals surface area contributed by atoms with Crippen LogP contribution in [0.5, 0.6) is 11.5 Å². The fourth-order valence-electron chi connectivity index (χ4n) is 2.00. The van der Waals surface area contributed by atoms with Gasteiger partial charge in [0.2, 0.25) is 5.78 Å². The molecule has 0 saturated heterocycles. The molecule has 0 atom stereocenters. The first kappa shape index (κ1) is 12.9. The number of allylic oxidation sites excluding steroid dienone is 1. The summed E-state index contributed by atoms with van der Waals surface area (Å²) in [4.78, 5) is 12.2. The zero-order chi connectivity index (χ0) is 14.1. The van der Waals surface area contributed by atoms with Gasteiger partial charge in [0.15, 0.2) is 5.76 Å². The molecule has 0 N–H and O–H groups in total. The Kier molecular flexibility index (Phi) is 3.32. The predicted octanol–water partition coefficient (Wildman–Crippen LogP) is 4.07. The Morgan fingerprint density at radius 2 is 1.90 bits per heavy atom. The lowest BCUT2D eigenvalue weighted by molar-refractivity contribution is 0.101. The highest BCUT2D eigenvalue weighted by atomic mass is 79.9. The van der Waals surface area contributed by atoms with Crippen LogP contribution < -0.4 is 9.47 Å². The lowest BCUT2D eigenvalue weighted by Gasteiger charge is -2.01. The third-order valence-electron chi connectivity index (χ3n) is 3.04. The van der Waals surface area contributed by atoms with Crippen molar-refractivity contribution in [3.05, 3.63) is 63.8 Å². The third kappa shape index (κ3) is 2.34. The summed E-state index contributed by atoms with van der Waals surface area (Å²) in [5.74, 6) is 1.43. The first-order valence-corrected chi connectivity index (χ1v) is 6.84. The van der Waals surface area contributed by atoms with E-state index in [1.54, 1.807) is 31.4 Å². The number of ketones is 1. The van der Waals surface area contributed by atoms with E-state index in [1.807, 2.05) is 24.3 Å². The SMILES string of the molecule is COc1ccc2c(c1)O/C(=C\c1ccc(Br)cc1)C2=O. The Balaban J connectivity index is 1.94. The molecule has 2 aromatic carbocycles. The molecule has 2 aromatic rings. The molecular weight excluding hydrogens is 320 g/mol. The number of rotatable bonds is 2. The van der Waals surface area contributed by atoms with Crippen LogP contribution in [0.1, 0.15) is 15.9 Å². The summed E-state index contributed by atoms with van der Waals surface area (Å²) in [6.07, 6.45) is 1.74. The molecular formula is C16H11BrO3. The van der Waals surface area contributed by atoms with Crippen molar-refractivity contribution in [2.45, 2.75) is 0 Å². The summed E-state index contributed by atoms with van der Waals surface area (Å²) in [5, 5.41) is 0. The Morgan fingerprint density at radius 3 is 2.60 bits per heavy atom. The molecule has 3 rings (SSSR count). The minimum atomic E-state index is -0.106. The molecule has 0 saturated carbocycles. The quantitative estimate of drug-likeness (QED) is 0.778. The largest absolute Gasteiger partial charge is 0.497 e. The number of hydrogen-bond acceptors (Lipinski definition) is 3. The maximum absolute atomic E-state index is 12.2. The first-order valence-electron chi connectivity index (χ1n) is 6.05. The average Bonchev–Trinajstić information content (AvgIpc) is 2.77. The second-order valence-corrected chi connectivity index (χ2v) is 5.27. The monoisotopic (exact) mass is 330 g/mol. The highest BCUT2D eigenvalue weighted by molar-refractivity contribution is 9.10. The number of Topliss-reactive ketones (excluding diaryl/α,β-unsaturated/α-hetero) is 1. The number of halogens is 1. The van der Waals surface area contributed by atoms with Gasteiger partial charge in [-0.1, -0.05) is 28.1 Å². The van der Waals surface area contributed by atoms with Gasteiger partial charge >= 0.3 is 0 Å². The lowest BCUT2D eigenvalue weighted by atomic mass is 10.1. The Labute approximate surface area is 125 Å². The molecule has 0 amide bonds. The number of fused-ring (bicyclic) bond motifs is 1. The van der Waals surface area contributed by atoms with Gasteiger partial charge in [-0.2, -0.15) is 0 Å². The maximum atomic E-state index is 12.2. The van der Waals surface area contributed by atoms with Gasteiger partial charge in [-0.15, -0.1) is 0 Å². The van der Waals surface area contributed by atoms with Crippen LogP contribution in [0.15, 0.2) is 52.7 Å². The second kappa shape index (κ2) is 5.13. The van der Waals surface area contributed by atoms with Gasteiger partial charge < -0.3 is 9.47 Å². The van der Waals surface area contributed by atoms with Crippen molar-refractivity contribution < 1.29 is 14.3 Å².